The molecule has 1 aromatic heterocycles. The van der Waals surface area contributed by atoms with Crippen LogP contribution in [0, 0.1) is 0 Å². The van der Waals surface area contributed by atoms with E-state index in [-0.39, 0.29) is 34.0 Å². The molecule has 0 spiro atoms. The van der Waals surface area contributed by atoms with Gasteiger partial charge >= 0.3 is 5.97 Å². The molecule has 3 rings (SSSR count). The van der Waals surface area contributed by atoms with E-state index < -0.39 is 29.2 Å². The lowest BCUT2D eigenvalue weighted by Gasteiger charge is -2.49. The summed E-state index contributed by atoms with van der Waals surface area (Å²) in [4.78, 5) is 46.2. The Hall–Kier alpha value is -2.64. The van der Waals surface area contributed by atoms with Crippen LogP contribution in [0.15, 0.2) is 22.3 Å². The van der Waals surface area contributed by atoms with Crippen molar-refractivity contribution in [3.8, 4) is 0 Å². The first kappa shape index (κ1) is 19.1. The third-order valence-corrected chi connectivity index (χ3v) is 5.97. The summed E-state index contributed by atoms with van der Waals surface area (Å²) in [6.07, 6.45) is 1.44. The van der Waals surface area contributed by atoms with E-state index in [4.69, 9.17) is 11.5 Å². The highest BCUT2D eigenvalue weighted by atomic mass is 32.2. The Morgan fingerprint density at radius 1 is 1.52 bits per heavy atom. The molecule has 1 aromatic rings. The minimum atomic E-state index is -1.23. The molecule has 6 N–H and O–H groups in total. The predicted octanol–water partition coefficient (Wildman–Crippen LogP) is -1.23. The van der Waals surface area contributed by atoms with Crippen molar-refractivity contribution in [2.24, 2.45) is 10.9 Å². The first-order valence-corrected chi connectivity index (χ1v) is 9.46. The summed E-state index contributed by atoms with van der Waals surface area (Å²) in [6, 6.07) is -0.919. The molecule has 27 heavy (non-hydrogen) atoms. The molecule has 2 aliphatic rings. The standard InChI is InChI=1S/C14H16N6O5S2/c1-25-19-8(6-4-26-14(16)17-6)10(21)18-9-11(22)20-7(13(23)24)2-5(3-15)27-12(9)20/h2,4-5,9,12H,3,15H2,1H3,(H2,16,17)(H,18,21)(H,23,24)/b19-8-/t5?,9?,12-/m1/s1. The number of carboxylic acid groups (broad SMARTS) is 1. The molecule has 1 fully saturated rings. The van der Waals surface area contributed by atoms with Gasteiger partial charge in [-0.25, -0.2) is 9.78 Å². The second kappa shape index (κ2) is 7.54. The molecule has 11 nitrogen and oxygen atoms in total. The van der Waals surface area contributed by atoms with Crippen LogP contribution < -0.4 is 16.8 Å². The highest BCUT2D eigenvalue weighted by Gasteiger charge is 2.54. The molecule has 2 amide bonds. The number of anilines is 1. The second-order valence-corrected chi connectivity index (χ2v) is 7.76. The lowest BCUT2D eigenvalue weighted by atomic mass is 10.0. The number of thiazole rings is 1. The number of hydrogen-bond acceptors (Lipinski definition) is 10. The van der Waals surface area contributed by atoms with Crippen LogP contribution in [0.25, 0.3) is 0 Å². The van der Waals surface area contributed by atoms with Gasteiger partial charge in [-0.2, -0.15) is 0 Å². The largest absolute Gasteiger partial charge is 0.477 e. The number of fused-ring (bicyclic) bond motifs is 1. The van der Waals surface area contributed by atoms with E-state index in [2.05, 4.69) is 20.3 Å². The summed E-state index contributed by atoms with van der Waals surface area (Å²) < 4.78 is 0. The van der Waals surface area contributed by atoms with Crippen LogP contribution >= 0.6 is 23.1 Å². The van der Waals surface area contributed by atoms with Gasteiger partial charge in [0.15, 0.2) is 10.8 Å². The molecule has 3 atom stereocenters. The molecule has 3 heterocycles. The van der Waals surface area contributed by atoms with Crippen LogP contribution in [-0.2, 0) is 19.2 Å². The van der Waals surface area contributed by atoms with Gasteiger partial charge in [-0.3, -0.25) is 14.5 Å². The van der Waals surface area contributed by atoms with Gasteiger partial charge in [-0.05, 0) is 6.08 Å². The third kappa shape index (κ3) is 3.48. The van der Waals surface area contributed by atoms with Crippen molar-refractivity contribution in [1.82, 2.24) is 15.2 Å². The normalized spacial score (nSPS) is 24.6. The number of amides is 2. The van der Waals surface area contributed by atoms with Gasteiger partial charge in [0.05, 0.1) is 0 Å². The molecular weight excluding hydrogens is 396 g/mol. The van der Waals surface area contributed by atoms with Crippen molar-refractivity contribution in [3.05, 3.63) is 22.8 Å². The lowest BCUT2D eigenvalue weighted by Crippen LogP contribution is -2.71. The van der Waals surface area contributed by atoms with E-state index in [1.165, 1.54) is 30.3 Å². The molecule has 2 aliphatic heterocycles. The molecule has 0 bridgehead atoms. The lowest BCUT2D eigenvalue weighted by molar-refractivity contribution is -0.150. The number of aromatic nitrogens is 1. The summed E-state index contributed by atoms with van der Waals surface area (Å²) in [5, 5.41) is 16.5. The van der Waals surface area contributed by atoms with Crippen LogP contribution in [0.4, 0.5) is 5.13 Å². The number of oxime groups is 1. The number of nitrogen functional groups attached to an aromatic ring is 1. The number of β-lactam (4-membered cyclic amide) rings is 1. The number of aliphatic carboxylic acids is 1. The molecule has 144 valence electrons. The minimum Gasteiger partial charge on any atom is -0.477 e. The van der Waals surface area contributed by atoms with Gasteiger partial charge < -0.3 is 26.7 Å². The van der Waals surface area contributed by atoms with Gasteiger partial charge in [0.25, 0.3) is 11.8 Å². The van der Waals surface area contributed by atoms with Crippen molar-refractivity contribution in [2.75, 3.05) is 19.4 Å². The van der Waals surface area contributed by atoms with Crippen LogP contribution in [-0.4, -0.2) is 68.8 Å². The van der Waals surface area contributed by atoms with Crippen molar-refractivity contribution in [2.45, 2.75) is 16.7 Å². The topological polar surface area (TPSA) is 173 Å². The number of carboxylic acids is 1. The maximum atomic E-state index is 12.6. The van der Waals surface area contributed by atoms with Gasteiger partial charge in [0.2, 0.25) is 0 Å². The fraction of sp³-hybridized carbons (Fsp3) is 0.357. The first-order valence-electron chi connectivity index (χ1n) is 7.64. The minimum absolute atomic E-state index is 0.136. The third-order valence-electron chi connectivity index (χ3n) is 3.86. The average Bonchev–Trinajstić information content (AvgIpc) is 3.08. The van der Waals surface area contributed by atoms with Crippen LogP contribution in [0.3, 0.4) is 0 Å². The molecule has 0 saturated carbocycles. The van der Waals surface area contributed by atoms with Crippen LogP contribution in [0.5, 0.6) is 0 Å². The Labute approximate surface area is 161 Å². The van der Waals surface area contributed by atoms with Gasteiger partial charge in [-0.1, -0.05) is 5.16 Å². The number of nitrogens with zero attached hydrogens (tertiary/aromatic N) is 3. The molecule has 2 unspecified atom stereocenters. The van der Waals surface area contributed by atoms with E-state index in [9.17, 15) is 19.5 Å². The Kier molecular flexibility index (Phi) is 5.34. The van der Waals surface area contributed by atoms with Gasteiger partial charge in [0.1, 0.15) is 29.9 Å². The summed E-state index contributed by atoms with van der Waals surface area (Å²) >= 11 is 2.43. The van der Waals surface area contributed by atoms with Crippen molar-refractivity contribution in [1.29, 1.82) is 0 Å². The Morgan fingerprint density at radius 3 is 2.81 bits per heavy atom. The van der Waals surface area contributed by atoms with E-state index in [0.717, 1.165) is 16.2 Å². The maximum Gasteiger partial charge on any atom is 0.352 e. The highest BCUT2D eigenvalue weighted by molar-refractivity contribution is 8.00. The van der Waals surface area contributed by atoms with Crippen molar-refractivity contribution in [3.63, 3.8) is 0 Å². The zero-order valence-electron chi connectivity index (χ0n) is 14.0. The molecular formula is C14H16N6O5S2. The number of carbonyl (C=O) groups is 3. The van der Waals surface area contributed by atoms with E-state index in [0.29, 0.717) is 0 Å². The molecule has 0 aliphatic carbocycles. The number of carbonyl (C=O) groups excluding carboxylic acids is 2. The van der Waals surface area contributed by atoms with Gasteiger partial charge in [0, 0.05) is 17.2 Å². The van der Waals surface area contributed by atoms with Crippen LogP contribution in [0.2, 0.25) is 0 Å². The number of thioether (sulfide) groups is 1. The van der Waals surface area contributed by atoms with Crippen molar-refractivity contribution < 1.29 is 24.3 Å². The maximum absolute atomic E-state index is 12.6. The number of rotatable bonds is 6. The van der Waals surface area contributed by atoms with E-state index >= 15 is 0 Å². The molecule has 1 saturated heterocycles. The van der Waals surface area contributed by atoms with Gasteiger partial charge in [-0.15, -0.1) is 23.1 Å². The van der Waals surface area contributed by atoms with Crippen molar-refractivity contribution >= 4 is 51.7 Å². The van der Waals surface area contributed by atoms with E-state index in [1.54, 1.807) is 0 Å². The summed E-state index contributed by atoms with van der Waals surface area (Å²) in [7, 11) is 1.27. The number of nitrogens with two attached hydrogens (primary N) is 2. The number of nitrogens with one attached hydrogen (secondary N) is 1. The Bertz CT molecular complexity index is 853. The fourth-order valence-electron chi connectivity index (χ4n) is 2.67. The monoisotopic (exact) mass is 412 g/mol. The fourth-order valence-corrected chi connectivity index (χ4v) is 4.57. The SMILES string of the molecule is CO/N=C(\C(=O)NC1C(=O)N2C(C(=O)O)=CC(CN)S[C@H]12)c1csc(N)n1. The Balaban J connectivity index is 1.79. The summed E-state index contributed by atoms with van der Waals surface area (Å²) in [6.45, 7) is 0.203. The summed E-state index contributed by atoms with van der Waals surface area (Å²) in [5.74, 6) is -2.44. The number of hydrogen-bond donors (Lipinski definition) is 4. The molecule has 13 heteroatoms. The Morgan fingerprint density at radius 2 is 2.26 bits per heavy atom. The zero-order valence-corrected chi connectivity index (χ0v) is 15.6. The first-order chi connectivity index (χ1) is 12.9. The smallest absolute Gasteiger partial charge is 0.352 e. The second-order valence-electron chi connectivity index (χ2n) is 5.51. The zero-order chi connectivity index (χ0) is 19.7. The van der Waals surface area contributed by atoms with Crippen LogP contribution in [0.1, 0.15) is 5.69 Å². The average molecular weight is 412 g/mol. The molecule has 0 radical (unpaired) electrons. The molecule has 0 aromatic carbocycles. The predicted molar refractivity (Wildman–Crippen MR) is 98.8 cm³/mol. The quantitative estimate of drug-likeness (QED) is 0.253. The highest BCUT2D eigenvalue weighted by Crippen LogP contribution is 2.40. The summed E-state index contributed by atoms with van der Waals surface area (Å²) in [5.41, 5.74) is 11.2. The van der Waals surface area contributed by atoms with E-state index in [1.807, 2.05) is 0 Å².